The Kier molecular flexibility index (Phi) is 4.84. The van der Waals surface area contributed by atoms with Crippen molar-refractivity contribution in [3.8, 4) is 0 Å². The maximum absolute atomic E-state index is 12.6. The fourth-order valence-corrected chi connectivity index (χ4v) is 3.68. The summed E-state index contributed by atoms with van der Waals surface area (Å²) in [4.78, 5) is 24.7. The SMILES string of the molecule is C=C1C(=O)O[C@@H]2/C=C(/C)C[C@H](O)/C=C(/C)C[C@@H](OC(=O)[C@]3(C)O[C@H]3C)[C@@H]12. The van der Waals surface area contributed by atoms with Gasteiger partial charge in [-0.2, -0.15) is 0 Å². The lowest BCUT2D eigenvalue weighted by molar-refractivity contribution is -0.157. The number of hydrogen-bond acceptors (Lipinski definition) is 6. The highest BCUT2D eigenvalue weighted by Crippen LogP contribution is 2.40. The molecule has 2 aliphatic heterocycles. The Labute approximate surface area is 153 Å². The summed E-state index contributed by atoms with van der Waals surface area (Å²) in [6.07, 6.45) is 2.41. The third-order valence-corrected chi connectivity index (χ3v) is 5.45. The van der Waals surface area contributed by atoms with E-state index in [1.165, 1.54) is 0 Å². The van der Waals surface area contributed by atoms with E-state index in [1.807, 2.05) is 26.8 Å². The van der Waals surface area contributed by atoms with Gasteiger partial charge in [-0.25, -0.2) is 9.59 Å². The average molecular weight is 362 g/mol. The number of carbonyl (C=O) groups excluding carboxylic acids is 2. The van der Waals surface area contributed by atoms with Crippen molar-refractivity contribution in [2.24, 2.45) is 5.92 Å². The first-order chi connectivity index (χ1) is 12.1. The molecule has 6 nitrogen and oxygen atoms in total. The second-order valence-corrected chi connectivity index (χ2v) is 7.73. The van der Waals surface area contributed by atoms with Crippen LogP contribution in [0.25, 0.3) is 0 Å². The van der Waals surface area contributed by atoms with Crippen LogP contribution in [0.15, 0.2) is 35.5 Å². The Balaban J connectivity index is 1.93. The molecule has 1 N–H and O–H groups in total. The lowest BCUT2D eigenvalue weighted by Gasteiger charge is -2.28. The van der Waals surface area contributed by atoms with Crippen LogP contribution in [0, 0.1) is 5.92 Å². The van der Waals surface area contributed by atoms with E-state index in [0.29, 0.717) is 18.4 Å². The molecule has 26 heavy (non-hydrogen) atoms. The molecule has 0 spiro atoms. The number of hydrogen-bond donors (Lipinski definition) is 1. The van der Waals surface area contributed by atoms with Crippen molar-refractivity contribution >= 4 is 11.9 Å². The fraction of sp³-hybridized carbons (Fsp3) is 0.600. The van der Waals surface area contributed by atoms with Gasteiger partial charge in [-0.15, -0.1) is 0 Å². The summed E-state index contributed by atoms with van der Waals surface area (Å²) in [6, 6.07) is 0. The molecular weight excluding hydrogens is 336 g/mol. The molecule has 0 bridgehead atoms. The van der Waals surface area contributed by atoms with Gasteiger partial charge in [0.05, 0.1) is 18.1 Å². The average Bonchev–Trinajstić information content (AvgIpc) is 3.04. The first-order valence-corrected chi connectivity index (χ1v) is 8.93. The van der Waals surface area contributed by atoms with Crippen LogP contribution in [0.4, 0.5) is 0 Å². The predicted molar refractivity (Wildman–Crippen MR) is 94.1 cm³/mol. The van der Waals surface area contributed by atoms with Crippen molar-refractivity contribution in [2.45, 2.75) is 70.6 Å². The predicted octanol–water partition coefficient (Wildman–Crippen LogP) is 2.22. The maximum Gasteiger partial charge on any atom is 0.341 e. The summed E-state index contributed by atoms with van der Waals surface area (Å²) in [5.74, 6) is -1.39. The third kappa shape index (κ3) is 3.48. The minimum atomic E-state index is -0.946. The van der Waals surface area contributed by atoms with Crippen molar-refractivity contribution in [3.05, 3.63) is 35.5 Å². The Hall–Kier alpha value is -1.92. The van der Waals surface area contributed by atoms with Crippen molar-refractivity contribution in [1.29, 1.82) is 0 Å². The molecule has 0 saturated carbocycles. The summed E-state index contributed by atoms with van der Waals surface area (Å²) in [6.45, 7) is 11.1. The van der Waals surface area contributed by atoms with Crippen LogP contribution < -0.4 is 0 Å². The molecule has 0 radical (unpaired) electrons. The lowest BCUT2D eigenvalue weighted by Crippen LogP contribution is -2.37. The second kappa shape index (κ2) is 6.67. The molecule has 0 aromatic rings. The van der Waals surface area contributed by atoms with Crippen molar-refractivity contribution in [3.63, 3.8) is 0 Å². The zero-order valence-corrected chi connectivity index (χ0v) is 15.7. The van der Waals surface area contributed by atoms with Crippen LogP contribution in [0.2, 0.25) is 0 Å². The molecule has 0 amide bonds. The van der Waals surface area contributed by atoms with Crippen molar-refractivity contribution in [1.82, 2.24) is 0 Å². The van der Waals surface area contributed by atoms with E-state index in [-0.39, 0.29) is 6.10 Å². The molecule has 6 heteroatoms. The standard InChI is InChI=1S/C20H26O6/c1-10-6-14(21)7-11(2)9-16(25-19(23)20(5)13(4)26-20)17-12(3)18(22)24-15(17)8-10/h7-8,13-17,21H,3,6,9H2,1-2,4-5H3/b10-8-,11-7-/t13-,14-,15+,16+,17-,20+/m0/s1. The Bertz CT molecular complexity index is 705. The van der Waals surface area contributed by atoms with Crippen LogP contribution in [-0.4, -0.2) is 47.1 Å². The number of rotatable bonds is 2. The first kappa shape index (κ1) is 18.9. The van der Waals surface area contributed by atoms with Gasteiger partial charge in [0.1, 0.15) is 12.2 Å². The van der Waals surface area contributed by atoms with Gasteiger partial charge in [0.15, 0.2) is 5.60 Å². The molecular formula is C20H26O6. The van der Waals surface area contributed by atoms with E-state index in [2.05, 4.69) is 6.58 Å². The number of carbonyl (C=O) groups is 2. The largest absolute Gasteiger partial charge is 0.459 e. The highest BCUT2D eigenvalue weighted by Gasteiger charge is 2.58. The zero-order chi connectivity index (χ0) is 19.2. The molecule has 0 aromatic heterocycles. The second-order valence-electron chi connectivity index (χ2n) is 7.73. The van der Waals surface area contributed by atoms with Gasteiger partial charge in [-0.1, -0.05) is 23.8 Å². The van der Waals surface area contributed by atoms with Crippen LogP contribution in [0.5, 0.6) is 0 Å². The molecule has 142 valence electrons. The quantitative estimate of drug-likeness (QED) is 0.351. The van der Waals surface area contributed by atoms with Gasteiger partial charge in [-0.05, 0) is 40.2 Å². The molecule has 2 fully saturated rings. The Morgan fingerprint density at radius 2 is 1.92 bits per heavy atom. The number of ether oxygens (including phenoxy) is 3. The molecule has 3 rings (SSSR count). The van der Waals surface area contributed by atoms with Crippen LogP contribution in [0.3, 0.4) is 0 Å². The van der Waals surface area contributed by atoms with Gasteiger partial charge in [0, 0.05) is 12.0 Å². The summed E-state index contributed by atoms with van der Waals surface area (Å²) >= 11 is 0. The van der Waals surface area contributed by atoms with E-state index in [4.69, 9.17) is 14.2 Å². The van der Waals surface area contributed by atoms with Crippen LogP contribution in [-0.2, 0) is 23.8 Å². The summed E-state index contributed by atoms with van der Waals surface area (Å²) < 4.78 is 16.6. The smallest absolute Gasteiger partial charge is 0.341 e. The molecule has 0 unspecified atom stereocenters. The molecule has 3 aliphatic rings. The third-order valence-electron chi connectivity index (χ3n) is 5.45. The summed E-state index contributed by atoms with van der Waals surface area (Å²) in [5.41, 5.74) is 1.14. The fourth-order valence-electron chi connectivity index (χ4n) is 3.68. The monoisotopic (exact) mass is 362 g/mol. The zero-order valence-electron chi connectivity index (χ0n) is 15.7. The van der Waals surface area contributed by atoms with E-state index in [0.717, 1.165) is 11.1 Å². The highest BCUT2D eigenvalue weighted by molar-refractivity contribution is 5.91. The van der Waals surface area contributed by atoms with Crippen molar-refractivity contribution < 1.29 is 28.9 Å². The molecule has 2 saturated heterocycles. The van der Waals surface area contributed by atoms with Crippen molar-refractivity contribution in [2.75, 3.05) is 0 Å². The van der Waals surface area contributed by atoms with Crippen LogP contribution in [0.1, 0.15) is 40.5 Å². The first-order valence-electron chi connectivity index (χ1n) is 8.93. The number of aliphatic hydroxyl groups excluding tert-OH is 1. The summed E-state index contributed by atoms with van der Waals surface area (Å²) in [5, 5.41) is 10.2. The maximum atomic E-state index is 12.6. The van der Waals surface area contributed by atoms with Gasteiger partial charge in [0.2, 0.25) is 0 Å². The lowest BCUT2D eigenvalue weighted by atomic mass is 9.85. The number of esters is 2. The van der Waals surface area contributed by atoms with E-state index in [9.17, 15) is 14.7 Å². The molecule has 1 aliphatic carbocycles. The summed E-state index contributed by atoms with van der Waals surface area (Å²) in [7, 11) is 0. The van der Waals surface area contributed by atoms with E-state index in [1.54, 1.807) is 13.0 Å². The number of aliphatic hydroxyl groups is 1. The van der Waals surface area contributed by atoms with Gasteiger partial charge < -0.3 is 19.3 Å². The number of epoxide rings is 1. The Morgan fingerprint density at radius 3 is 2.54 bits per heavy atom. The van der Waals surface area contributed by atoms with Gasteiger partial charge >= 0.3 is 11.9 Å². The minimum Gasteiger partial charge on any atom is -0.459 e. The molecule has 0 aromatic carbocycles. The van der Waals surface area contributed by atoms with Gasteiger partial charge in [-0.3, -0.25) is 0 Å². The Morgan fingerprint density at radius 1 is 1.31 bits per heavy atom. The van der Waals surface area contributed by atoms with Crippen LogP contribution >= 0.6 is 0 Å². The van der Waals surface area contributed by atoms with E-state index >= 15 is 0 Å². The highest BCUT2D eigenvalue weighted by atomic mass is 16.7. The minimum absolute atomic E-state index is 0.199. The van der Waals surface area contributed by atoms with Gasteiger partial charge in [0.25, 0.3) is 0 Å². The molecule has 6 atom stereocenters. The molecule has 2 heterocycles. The normalized spacial score (nSPS) is 44.1. The topological polar surface area (TPSA) is 85.4 Å². The van der Waals surface area contributed by atoms with E-state index < -0.39 is 41.8 Å². The number of fused-ring (bicyclic) bond motifs is 1.